The zero-order valence-corrected chi connectivity index (χ0v) is 18.6. The minimum absolute atomic E-state index is 0.0749. The van der Waals surface area contributed by atoms with Crippen molar-refractivity contribution in [3.05, 3.63) is 0 Å². The second kappa shape index (κ2) is 14.7. The van der Waals surface area contributed by atoms with E-state index in [1.165, 1.54) is 0 Å². The average molecular weight is 475 g/mol. The van der Waals surface area contributed by atoms with Crippen LogP contribution in [0.25, 0.3) is 0 Å². The summed E-state index contributed by atoms with van der Waals surface area (Å²) in [6, 6.07) is -5.64. The monoisotopic (exact) mass is 475 g/mol. The number of aliphatic carboxylic acids is 3. The van der Waals surface area contributed by atoms with Gasteiger partial charge >= 0.3 is 17.9 Å². The van der Waals surface area contributed by atoms with Gasteiger partial charge in [-0.1, -0.05) is 13.8 Å². The van der Waals surface area contributed by atoms with Gasteiger partial charge in [-0.25, -0.2) is 4.79 Å². The lowest BCUT2D eigenvalue weighted by atomic mass is 10.0. The van der Waals surface area contributed by atoms with E-state index in [1.54, 1.807) is 13.8 Å². The minimum Gasteiger partial charge on any atom is -0.481 e. The summed E-state index contributed by atoms with van der Waals surface area (Å²) in [4.78, 5) is 70.7. The van der Waals surface area contributed by atoms with Crippen molar-refractivity contribution in [2.24, 2.45) is 17.4 Å². The molecule has 10 N–H and O–H groups in total. The van der Waals surface area contributed by atoms with Crippen LogP contribution >= 0.6 is 0 Å². The third-order valence-electron chi connectivity index (χ3n) is 4.55. The van der Waals surface area contributed by atoms with Crippen LogP contribution in [-0.4, -0.2) is 81.7 Å². The molecule has 14 heteroatoms. The first-order chi connectivity index (χ1) is 15.3. The van der Waals surface area contributed by atoms with Crippen LogP contribution in [0.15, 0.2) is 0 Å². The van der Waals surface area contributed by atoms with Crippen molar-refractivity contribution in [1.82, 2.24) is 16.0 Å². The van der Waals surface area contributed by atoms with Gasteiger partial charge in [0.1, 0.15) is 18.1 Å². The topological polar surface area (TPSA) is 251 Å². The van der Waals surface area contributed by atoms with Crippen LogP contribution in [0, 0.1) is 5.92 Å². The molecular weight excluding hydrogens is 442 g/mol. The summed E-state index contributed by atoms with van der Waals surface area (Å²) in [6.07, 6.45) is -0.633. The Balaban J connectivity index is 5.53. The third kappa shape index (κ3) is 11.8. The van der Waals surface area contributed by atoms with Gasteiger partial charge in [-0.15, -0.1) is 0 Å². The van der Waals surface area contributed by atoms with Crippen molar-refractivity contribution in [2.45, 2.75) is 70.1 Å². The van der Waals surface area contributed by atoms with Crippen LogP contribution < -0.4 is 27.4 Å². The van der Waals surface area contributed by atoms with Crippen molar-refractivity contribution in [3.8, 4) is 0 Å². The van der Waals surface area contributed by atoms with Gasteiger partial charge in [0.05, 0.1) is 18.9 Å². The maximum absolute atomic E-state index is 12.7. The Hall–Kier alpha value is -3.26. The lowest BCUT2D eigenvalue weighted by molar-refractivity contribution is -0.144. The number of amides is 3. The van der Waals surface area contributed by atoms with Crippen molar-refractivity contribution < 1.29 is 44.1 Å². The van der Waals surface area contributed by atoms with E-state index in [1.807, 2.05) is 0 Å². The molecular formula is C19H33N5O9. The minimum atomic E-state index is -1.65. The fourth-order valence-corrected chi connectivity index (χ4v) is 2.74. The second-order valence-corrected chi connectivity index (χ2v) is 7.78. The van der Waals surface area contributed by atoms with Crippen molar-refractivity contribution >= 4 is 35.6 Å². The van der Waals surface area contributed by atoms with Crippen LogP contribution in [-0.2, 0) is 28.8 Å². The van der Waals surface area contributed by atoms with E-state index < -0.39 is 78.6 Å². The molecule has 0 radical (unpaired) electrons. The molecule has 14 nitrogen and oxygen atoms in total. The van der Waals surface area contributed by atoms with E-state index in [0.29, 0.717) is 19.4 Å². The molecule has 3 amide bonds. The number of hydrogen-bond acceptors (Lipinski definition) is 8. The Morgan fingerprint density at radius 1 is 0.758 bits per heavy atom. The van der Waals surface area contributed by atoms with E-state index in [0.717, 1.165) is 0 Å². The molecule has 4 atom stereocenters. The lowest BCUT2D eigenvalue weighted by Crippen LogP contribution is -2.58. The SMILES string of the molecule is CC(C)C(NC(=O)C(CCCCN)NC(=O)C(CC(=O)O)NC(=O)C(N)CC(=O)O)C(=O)O. The van der Waals surface area contributed by atoms with Gasteiger partial charge in [0, 0.05) is 0 Å². The molecule has 0 spiro atoms. The van der Waals surface area contributed by atoms with Gasteiger partial charge < -0.3 is 42.7 Å². The smallest absolute Gasteiger partial charge is 0.326 e. The Morgan fingerprint density at radius 2 is 1.27 bits per heavy atom. The molecule has 0 aliphatic heterocycles. The fourth-order valence-electron chi connectivity index (χ4n) is 2.74. The Bertz CT molecular complexity index is 728. The lowest BCUT2D eigenvalue weighted by Gasteiger charge is -2.25. The third-order valence-corrected chi connectivity index (χ3v) is 4.55. The van der Waals surface area contributed by atoms with Crippen LogP contribution in [0.3, 0.4) is 0 Å². The van der Waals surface area contributed by atoms with Gasteiger partial charge in [-0.3, -0.25) is 24.0 Å². The predicted molar refractivity (Wildman–Crippen MR) is 114 cm³/mol. The van der Waals surface area contributed by atoms with Gasteiger partial charge in [-0.05, 0) is 31.7 Å². The van der Waals surface area contributed by atoms with E-state index in [2.05, 4.69) is 16.0 Å². The highest BCUT2D eigenvalue weighted by Crippen LogP contribution is 2.07. The molecule has 33 heavy (non-hydrogen) atoms. The molecule has 0 heterocycles. The number of carboxylic acid groups (broad SMARTS) is 3. The summed E-state index contributed by atoms with van der Waals surface area (Å²) in [5.74, 6) is -7.44. The zero-order chi connectivity index (χ0) is 25.7. The molecule has 188 valence electrons. The molecule has 0 aliphatic carbocycles. The number of nitrogens with one attached hydrogen (secondary N) is 3. The highest BCUT2D eigenvalue weighted by molar-refractivity contribution is 5.96. The zero-order valence-electron chi connectivity index (χ0n) is 18.6. The summed E-state index contributed by atoms with van der Waals surface area (Å²) in [6.45, 7) is 3.48. The summed E-state index contributed by atoms with van der Waals surface area (Å²) >= 11 is 0. The molecule has 0 fully saturated rings. The first kappa shape index (κ1) is 29.7. The quantitative estimate of drug-likeness (QED) is 0.109. The standard InChI is InChI=1S/C19H33N5O9/c1-9(2)15(19(32)33)24-17(30)11(5-3-4-6-20)22-18(31)12(8-14(27)28)23-16(29)10(21)7-13(25)26/h9-12,15H,3-8,20-21H2,1-2H3,(H,22,31)(H,23,29)(H,24,30)(H,25,26)(H,27,28)(H,32,33). The molecule has 0 rings (SSSR count). The van der Waals surface area contributed by atoms with Gasteiger partial charge in [0.2, 0.25) is 17.7 Å². The summed E-state index contributed by atoms with van der Waals surface area (Å²) in [5, 5.41) is 33.8. The average Bonchev–Trinajstić information content (AvgIpc) is 2.69. The summed E-state index contributed by atoms with van der Waals surface area (Å²) < 4.78 is 0. The molecule has 0 saturated heterocycles. The molecule has 0 aliphatic rings. The largest absolute Gasteiger partial charge is 0.481 e. The van der Waals surface area contributed by atoms with E-state index in [9.17, 15) is 33.9 Å². The van der Waals surface area contributed by atoms with Crippen molar-refractivity contribution in [3.63, 3.8) is 0 Å². The second-order valence-electron chi connectivity index (χ2n) is 7.78. The summed E-state index contributed by atoms with van der Waals surface area (Å²) in [7, 11) is 0. The van der Waals surface area contributed by atoms with Gasteiger partial charge in [0.15, 0.2) is 0 Å². The number of unbranched alkanes of at least 4 members (excludes halogenated alkanes) is 1. The Kier molecular flexibility index (Phi) is 13.3. The number of nitrogens with two attached hydrogens (primary N) is 2. The van der Waals surface area contributed by atoms with Crippen LogP contribution in [0.4, 0.5) is 0 Å². The highest BCUT2D eigenvalue weighted by atomic mass is 16.4. The molecule has 0 bridgehead atoms. The van der Waals surface area contributed by atoms with E-state index in [-0.39, 0.29) is 6.42 Å². The van der Waals surface area contributed by atoms with Crippen LogP contribution in [0.2, 0.25) is 0 Å². The number of carboxylic acids is 3. The number of carbonyl (C=O) groups is 6. The van der Waals surface area contributed by atoms with Crippen LogP contribution in [0.5, 0.6) is 0 Å². The first-order valence-electron chi connectivity index (χ1n) is 10.3. The van der Waals surface area contributed by atoms with Crippen molar-refractivity contribution in [1.29, 1.82) is 0 Å². The number of hydrogen-bond donors (Lipinski definition) is 8. The maximum atomic E-state index is 12.7. The molecule has 0 aromatic carbocycles. The number of carbonyl (C=O) groups excluding carboxylic acids is 3. The fraction of sp³-hybridized carbons (Fsp3) is 0.684. The molecule has 4 unspecified atom stereocenters. The van der Waals surface area contributed by atoms with Crippen molar-refractivity contribution in [2.75, 3.05) is 6.54 Å². The van der Waals surface area contributed by atoms with E-state index >= 15 is 0 Å². The number of rotatable bonds is 16. The predicted octanol–water partition coefficient (Wildman–Crippen LogP) is -2.41. The first-order valence-corrected chi connectivity index (χ1v) is 10.3. The van der Waals surface area contributed by atoms with E-state index in [4.69, 9.17) is 21.7 Å². The Labute approximate surface area is 190 Å². The molecule has 0 aromatic heterocycles. The van der Waals surface area contributed by atoms with Crippen LogP contribution in [0.1, 0.15) is 46.0 Å². The highest BCUT2D eigenvalue weighted by Gasteiger charge is 2.32. The Morgan fingerprint density at radius 3 is 1.73 bits per heavy atom. The van der Waals surface area contributed by atoms with Gasteiger partial charge in [0.25, 0.3) is 0 Å². The normalized spacial score (nSPS) is 14.5. The maximum Gasteiger partial charge on any atom is 0.326 e. The molecule has 0 saturated carbocycles. The summed E-state index contributed by atoms with van der Waals surface area (Å²) in [5.41, 5.74) is 10.9. The van der Waals surface area contributed by atoms with Gasteiger partial charge in [-0.2, -0.15) is 0 Å². The molecule has 0 aromatic rings.